The van der Waals surface area contributed by atoms with Gasteiger partial charge in [0.05, 0.1) is 26.3 Å². The second kappa shape index (κ2) is 11.5. The Hall–Kier alpha value is -4.33. The van der Waals surface area contributed by atoms with Crippen LogP contribution in [0.5, 0.6) is 17.2 Å². The number of nitrogens with one attached hydrogen (secondary N) is 1. The summed E-state index contributed by atoms with van der Waals surface area (Å²) >= 11 is 0. The summed E-state index contributed by atoms with van der Waals surface area (Å²) in [4.78, 5) is 23.6. The number of carbonyl (C=O) groups excluding carboxylic acids is 1. The molecule has 0 unspecified atom stereocenters. The average molecular weight is 463 g/mol. The summed E-state index contributed by atoms with van der Waals surface area (Å²) in [5, 5.41) is 13.9. The van der Waals surface area contributed by atoms with Crippen molar-refractivity contribution in [2.45, 2.75) is 6.42 Å². The molecule has 0 aliphatic carbocycles. The molecule has 0 saturated heterocycles. The zero-order valence-electron chi connectivity index (χ0n) is 19.2. The predicted octanol–water partition coefficient (Wildman–Crippen LogP) is 4.52. The molecule has 3 rings (SSSR count). The Morgan fingerprint density at radius 2 is 1.59 bits per heavy atom. The molecule has 0 radical (unpaired) electrons. The van der Waals surface area contributed by atoms with E-state index in [2.05, 4.69) is 5.32 Å². The van der Waals surface area contributed by atoms with Gasteiger partial charge < -0.3 is 19.5 Å². The van der Waals surface area contributed by atoms with Crippen LogP contribution in [-0.4, -0.2) is 38.7 Å². The number of benzene rings is 3. The molecule has 0 spiro atoms. The Morgan fingerprint density at radius 3 is 2.18 bits per heavy atom. The molecule has 3 aromatic carbocycles. The molecule has 3 aromatic rings. The number of nitrogens with zero attached hydrogens (tertiary/aromatic N) is 1. The van der Waals surface area contributed by atoms with Gasteiger partial charge in [-0.05, 0) is 65.6 Å². The van der Waals surface area contributed by atoms with Gasteiger partial charge in [0.15, 0.2) is 11.5 Å². The lowest BCUT2D eigenvalue weighted by Crippen LogP contribution is -2.26. The molecule has 0 aromatic heterocycles. The van der Waals surface area contributed by atoms with Gasteiger partial charge in [-0.1, -0.05) is 18.2 Å². The average Bonchev–Trinajstić information content (AvgIpc) is 2.87. The molecule has 0 atom stereocenters. The van der Waals surface area contributed by atoms with Crippen LogP contribution in [0.25, 0.3) is 11.6 Å². The molecule has 0 fully saturated rings. The second-order valence-electron chi connectivity index (χ2n) is 7.33. The van der Waals surface area contributed by atoms with Crippen LogP contribution < -0.4 is 19.5 Å². The van der Waals surface area contributed by atoms with E-state index >= 15 is 0 Å². The first-order chi connectivity index (χ1) is 16.4. The summed E-state index contributed by atoms with van der Waals surface area (Å²) in [5.74, 6) is 1.68. The summed E-state index contributed by atoms with van der Waals surface area (Å²) in [7, 11) is 4.73. The normalized spacial score (nSPS) is 11.0. The highest BCUT2D eigenvalue weighted by Crippen LogP contribution is 2.28. The van der Waals surface area contributed by atoms with Gasteiger partial charge in [0.25, 0.3) is 11.6 Å². The molecule has 0 saturated carbocycles. The zero-order valence-corrected chi connectivity index (χ0v) is 19.2. The molecular formula is C26H26N2O6. The standard InChI is InChI=1S/C26H26N2O6/c1-32-22-11-7-20(8-12-22)23(16-18-4-9-21(10-5-18)28(30)31)26(29)27-15-14-19-6-13-24(33-2)25(17-19)34-3/h4-13,16-17H,14-15H2,1-3H3,(H,27,29)/b23-16-. The van der Waals surface area contributed by atoms with Gasteiger partial charge >= 0.3 is 0 Å². The number of nitro benzene ring substituents is 1. The maximum atomic E-state index is 13.1. The van der Waals surface area contributed by atoms with Gasteiger partial charge in [0, 0.05) is 24.3 Å². The molecule has 0 heterocycles. The van der Waals surface area contributed by atoms with Crippen molar-refractivity contribution in [1.82, 2.24) is 5.32 Å². The smallest absolute Gasteiger partial charge is 0.269 e. The van der Waals surface area contributed by atoms with Crippen molar-refractivity contribution in [1.29, 1.82) is 0 Å². The van der Waals surface area contributed by atoms with E-state index in [1.165, 1.54) is 12.1 Å². The summed E-state index contributed by atoms with van der Waals surface area (Å²) in [6.45, 7) is 0.405. The van der Waals surface area contributed by atoms with Gasteiger partial charge in [-0.2, -0.15) is 0 Å². The second-order valence-corrected chi connectivity index (χ2v) is 7.33. The van der Waals surface area contributed by atoms with Crippen LogP contribution in [0.1, 0.15) is 16.7 Å². The van der Waals surface area contributed by atoms with Crippen LogP contribution >= 0.6 is 0 Å². The maximum absolute atomic E-state index is 13.1. The van der Waals surface area contributed by atoms with Crippen molar-refractivity contribution in [3.63, 3.8) is 0 Å². The Balaban J connectivity index is 1.79. The highest BCUT2D eigenvalue weighted by Gasteiger charge is 2.14. The Kier molecular flexibility index (Phi) is 8.23. The van der Waals surface area contributed by atoms with E-state index in [9.17, 15) is 14.9 Å². The van der Waals surface area contributed by atoms with E-state index < -0.39 is 4.92 Å². The van der Waals surface area contributed by atoms with Gasteiger partial charge in [0.1, 0.15) is 5.75 Å². The Morgan fingerprint density at radius 1 is 0.912 bits per heavy atom. The van der Waals surface area contributed by atoms with Crippen molar-refractivity contribution < 1.29 is 23.9 Å². The minimum atomic E-state index is -0.460. The topological polar surface area (TPSA) is 99.9 Å². The highest BCUT2D eigenvalue weighted by molar-refractivity contribution is 6.24. The number of hydrogen-bond acceptors (Lipinski definition) is 6. The number of ether oxygens (including phenoxy) is 3. The lowest BCUT2D eigenvalue weighted by molar-refractivity contribution is -0.384. The highest BCUT2D eigenvalue weighted by atomic mass is 16.6. The third kappa shape index (κ3) is 6.13. The molecule has 8 nitrogen and oxygen atoms in total. The zero-order chi connectivity index (χ0) is 24.5. The first kappa shape index (κ1) is 24.3. The van der Waals surface area contributed by atoms with E-state index in [4.69, 9.17) is 14.2 Å². The largest absolute Gasteiger partial charge is 0.497 e. The van der Waals surface area contributed by atoms with Crippen molar-refractivity contribution in [3.05, 3.63) is 93.5 Å². The number of nitro groups is 1. The fourth-order valence-electron chi connectivity index (χ4n) is 3.36. The third-order valence-corrected chi connectivity index (χ3v) is 5.21. The van der Waals surface area contributed by atoms with E-state index in [0.29, 0.717) is 46.9 Å². The van der Waals surface area contributed by atoms with Crippen LogP contribution in [0.3, 0.4) is 0 Å². The molecule has 8 heteroatoms. The molecule has 1 N–H and O–H groups in total. The third-order valence-electron chi connectivity index (χ3n) is 5.21. The lowest BCUT2D eigenvalue weighted by Gasteiger charge is -2.12. The van der Waals surface area contributed by atoms with Crippen molar-refractivity contribution in [3.8, 4) is 17.2 Å². The summed E-state index contributed by atoms with van der Waals surface area (Å²) in [6, 6.07) is 18.8. The SMILES string of the molecule is COc1ccc(/C(=C/c2ccc([N+](=O)[O-])cc2)C(=O)NCCc2ccc(OC)c(OC)c2)cc1. The Labute approximate surface area is 197 Å². The fourth-order valence-corrected chi connectivity index (χ4v) is 3.36. The van der Waals surface area contributed by atoms with E-state index in [0.717, 1.165) is 5.56 Å². The van der Waals surface area contributed by atoms with Crippen LogP contribution in [0.15, 0.2) is 66.7 Å². The number of carbonyl (C=O) groups is 1. The van der Waals surface area contributed by atoms with Crippen LogP contribution in [0.2, 0.25) is 0 Å². The van der Waals surface area contributed by atoms with Crippen molar-refractivity contribution in [2.75, 3.05) is 27.9 Å². The molecular weight excluding hydrogens is 436 g/mol. The van der Waals surface area contributed by atoms with Crippen LogP contribution in [0.4, 0.5) is 5.69 Å². The first-order valence-electron chi connectivity index (χ1n) is 10.5. The molecule has 1 amide bonds. The number of hydrogen-bond donors (Lipinski definition) is 1. The monoisotopic (exact) mass is 462 g/mol. The molecule has 0 bridgehead atoms. The van der Waals surface area contributed by atoms with Crippen molar-refractivity contribution >= 4 is 23.2 Å². The quantitative estimate of drug-likeness (QED) is 0.206. The first-order valence-corrected chi connectivity index (χ1v) is 10.5. The lowest BCUT2D eigenvalue weighted by atomic mass is 10.0. The van der Waals surface area contributed by atoms with Crippen molar-refractivity contribution in [2.24, 2.45) is 0 Å². The Bertz CT molecular complexity index is 1170. The summed E-state index contributed by atoms with van der Waals surface area (Å²) in [6.07, 6.45) is 2.30. The van der Waals surface area contributed by atoms with E-state index in [1.54, 1.807) is 63.8 Å². The number of non-ortho nitro benzene ring substituents is 1. The number of methoxy groups -OCH3 is 3. The predicted molar refractivity (Wildman–Crippen MR) is 130 cm³/mol. The molecule has 0 aliphatic rings. The summed E-state index contributed by atoms with van der Waals surface area (Å²) in [5.41, 5.74) is 2.78. The van der Waals surface area contributed by atoms with E-state index in [1.807, 2.05) is 18.2 Å². The number of amides is 1. The minimum Gasteiger partial charge on any atom is -0.497 e. The number of rotatable bonds is 10. The van der Waals surface area contributed by atoms with Gasteiger partial charge in [-0.25, -0.2) is 0 Å². The minimum absolute atomic E-state index is 0.0116. The molecule has 176 valence electrons. The van der Waals surface area contributed by atoms with Gasteiger partial charge in [-0.3, -0.25) is 14.9 Å². The fraction of sp³-hybridized carbons (Fsp3) is 0.192. The summed E-state index contributed by atoms with van der Waals surface area (Å²) < 4.78 is 15.8. The van der Waals surface area contributed by atoms with Crippen LogP contribution in [-0.2, 0) is 11.2 Å². The van der Waals surface area contributed by atoms with Gasteiger partial charge in [0.2, 0.25) is 0 Å². The molecule has 0 aliphatic heterocycles. The maximum Gasteiger partial charge on any atom is 0.269 e. The van der Waals surface area contributed by atoms with E-state index in [-0.39, 0.29) is 11.6 Å². The van der Waals surface area contributed by atoms with Crippen LogP contribution in [0, 0.1) is 10.1 Å². The molecule has 34 heavy (non-hydrogen) atoms. The van der Waals surface area contributed by atoms with Gasteiger partial charge in [-0.15, -0.1) is 0 Å².